The van der Waals surface area contributed by atoms with Gasteiger partial charge in [0.15, 0.2) is 0 Å². The maximum Gasteiger partial charge on any atom is 0.241 e. The second-order valence-electron chi connectivity index (χ2n) is 7.68. The van der Waals surface area contributed by atoms with Crippen LogP contribution in [0.15, 0.2) is 42.5 Å². The van der Waals surface area contributed by atoms with Crippen molar-refractivity contribution in [2.45, 2.75) is 38.3 Å². The Morgan fingerprint density at radius 3 is 2.75 bits per heavy atom. The van der Waals surface area contributed by atoms with Gasteiger partial charge in [0, 0.05) is 29.4 Å². The zero-order chi connectivity index (χ0) is 19.7. The Morgan fingerprint density at radius 2 is 1.96 bits per heavy atom. The molecule has 0 aromatic heterocycles. The lowest BCUT2D eigenvalue weighted by Crippen LogP contribution is -2.43. The fourth-order valence-electron chi connectivity index (χ4n) is 4.66. The number of fused-ring (bicyclic) bond motifs is 1. The fraction of sp³-hybridized carbons (Fsp3) is 0.435. The van der Waals surface area contributed by atoms with Crippen LogP contribution in [0.2, 0.25) is 0 Å². The highest BCUT2D eigenvalue weighted by Crippen LogP contribution is 2.39. The van der Waals surface area contributed by atoms with E-state index in [0.717, 1.165) is 48.6 Å². The van der Waals surface area contributed by atoms with Crippen LogP contribution < -0.4 is 14.4 Å². The van der Waals surface area contributed by atoms with Gasteiger partial charge in [-0.3, -0.25) is 9.69 Å². The molecule has 4 rings (SSSR count). The Labute approximate surface area is 166 Å². The molecule has 0 bridgehead atoms. The number of para-hydroxylation sites is 1. The predicted molar refractivity (Wildman–Crippen MR) is 110 cm³/mol. The molecule has 5 heteroatoms. The van der Waals surface area contributed by atoms with Crippen LogP contribution in [0.25, 0.3) is 0 Å². The monoisotopic (exact) mass is 380 g/mol. The van der Waals surface area contributed by atoms with Gasteiger partial charge >= 0.3 is 0 Å². The number of amides is 1. The number of nitrogens with zero attached hydrogens (tertiary/aromatic N) is 2. The molecule has 0 spiro atoms. The minimum absolute atomic E-state index is 0.178. The number of likely N-dealkylation sites (tertiary alicyclic amines) is 1. The summed E-state index contributed by atoms with van der Waals surface area (Å²) in [4.78, 5) is 17.5. The highest BCUT2D eigenvalue weighted by atomic mass is 16.5. The first kappa shape index (κ1) is 18.8. The zero-order valence-electron chi connectivity index (χ0n) is 16.9. The van der Waals surface area contributed by atoms with Crippen LogP contribution in [0, 0.1) is 0 Å². The van der Waals surface area contributed by atoms with Crippen LogP contribution in [-0.4, -0.2) is 44.2 Å². The lowest BCUT2D eigenvalue weighted by molar-refractivity contribution is -0.120. The molecule has 0 N–H and O–H groups in total. The van der Waals surface area contributed by atoms with Gasteiger partial charge in [-0.25, -0.2) is 0 Å². The first-order chi connectivity index (χ1) is 13.6. The van der Waals surface area contributed by atoms with E-state index in [0.29, 0.717) is 6.54 Å². The van der Waals surface area contributed by atoms with E-state index in [1.54, 1.807) is 14.2 Å². The molecule has 5 nitrogen and oxygen atoms in total. The van der Waals surface area contributed by atoms with Crippen molar-refractivity contribution in [1.29, 1.82) is 0 Å². The van der Waals surface area contributed by atoms with E-state index in [1.807, 2.05) is 29.2 Å². The normalized spacial score (nSPS) is 21.6. The number of hydrogen-bond acceptors (Lipinski definition) is 4. The van der Waals surface area contributed by atoms with Crippen molar-refractivity contribution in [3.8, 4) is 11.5 Å². The average Bonchev–Trinajstić information content (AvgIpc) is 3.30. The topological polar surface area (TPSA) is 42.0 Å². The molecular weight excluding hydrogens is 352 g/mol. The van der Waals surface area contributed by atoms with Crippen LogP contribution in [0.1, 0.15) is 36.9 Å². The summed E-state index contributed by atoms with van der Waals surface area (Å²) in [5, 5.41) is 0. The molecule has 28 heavy (non-hydrogen) atoms. The molecule has 1 saturated heterocycles. The maximum absolute atomic E-state index is 13.2. The van der Waals surface area contributed by atoms with Crippen LogP contribution >= 0.6 is 0 Å². The third kappa shape index (κ3) is 3.35. The minimum atomic E-state index is 0.178. The van der Waals surface area contributed by atoms with Gasteiger partial charge < -0.3 is 14.4 Å². The maximum atomic E-state index is 13.2. The van der Waals surface area contributed by atoms with Gasteiger partial charge in [-0.1, -0.05) is 24.3 Å². The van der Waals surface area contributed by atoms with Crippen molar-refractivity contribution < 1.29 is 14.3 Å². The molecule has 2 aliphatic rings. The molecule has 2 aliphatic heterocycles. The number of anilines is 1. The van der Waals surface area contributed by atoms with Gasteiger partial charge in [-0.15, -0.1) is 0 Å². The van der Waals surface area contributed by atoms with E-state index in [9.17, 15) is 4.79 Å². The molecule has 2 heterocycles. The third-order valence-corrected chi connectivity index (χ3v) is 5.98. The Hall–Kier alpha value is -2.53. The van der Waals surface area contributed by atoms with Crippen molar-refractivity contribution in [2.24, 2.45) is 0 Å². The number of rotatable bonds is 5. The van der Waals surface area contributed by atoms with E-state index in [2.05, 4.69) is 30.0 Å². The van der Waals surface area contributed by atoms with Crippen molar-refractivity contribution in [3.63, 3.8) is 0 Å². The van der Waals surface area contributed by atoms with Crippen LogP contribution in [-0.2, 0) is 11.2 Å². The summed E-state index contributed by atoms with van der Waals surface area (Å²) < 4.78 is 10.9. The van der Waals surface area contributed by atoms with Gasteiger partial charge in [-0.2, -0.15) is 0 Å². The number of methoxy groups -OCH3 is 2. The number of carbonyl (C=O) groups excluding carboxylic acids is 1. The predicted octanol–water partition coefficient (Wildman–Crippen LogP) is 3.82. The number of ether oxygens (including phenoxy) is 2. The van der Waals surface area contributed by atoms with Crippen LogP contribution in [0.3, 0.4) is 0 Å². The molecule has 0 aliphatic carbocycles. The standard InChI is InChI=1S/C23H28N2O3/c1-16-13-17-7-4-5-8-20(17)25(16)23(26)15-24-12-6-9-21(24)19-11-10-18(27-2)14-22(19)28-3/h4-5,7-8,10-11,14,16,21H,6,9,12-13,15H2,1-3H3/t16-,21+/m1/s1. The molecule has 0 saturated carbocycles. The SMILES string of the molecule is COc1ccc([C@@H]2CCCN2CC(=O)N2c3ccccc3C[C@H]2C)c(OC)c1. The number of benzene rings is 2. The van der Waals surface area contributed by atoms with E-state index in [-0.39, 0.29) is 18.0 Å². The third-order valence-electron chi connectivity index (χ3n) is 5.98. The summed E-state index contributed by atoms with van der Waals surface area (Å²) in [7, 11) is 3.34. The van der Waals surface area contributed by atoms with Crippen molar-refractivity contribution in [3.05, 3.63) is 53.6 Å². The lowest BCUT2D eigenvalue weighted by Gasteiger charge is -2.29. The number of hydrogen-bond donors (Lipinski definition) is 0. The van der Waals surface area contributed by atoms with E-state index in [1.165, 1.54) is 5.56 Å². The molecular formula is C23H28N2O3. The van der Waals surface area contributed by atoms with E-state index < -0.39 is 0 Å². The van der Waals surface area contributed by atoms with E-state index >= 15 is 0 Å². The first-order valence-corrected chi connectivity index (χ1v) is 9.98. The summed E-state index contributed by atoms with van der Waals surface area (Å²) in [5.74, 6) is 1.78. The molecule has 2 aromatic rings. The minimum Gasteiger partial charge on any atom is -0.497 e. The van der Waals surface area contributed by atoms with Crippen molar-refractivity contribution in [1.82, 2.24) is 4.90 Å². The summed E-state index contributed by atoms with van der Waals surface area (Å²) >= 11 is 0. The Bertz CT molecular complexity index is 867. The van der Waals surface area contributed by atoms with Crippen LogP contribution in [0.5, 0.6) is 11.5 Å². The Morgan fingerprint density at radius 1 is 1.14 bits per heavy atom. The largest absolute Gasteiger partial charge is 0.497 e. The summed E-state index contributed by atoms with van der Waals surface area (Å²) in [6.45, 7) is 3.49. The molecule has 1 fully saturated rings. The summed E-state index contributed by atoms with van der Waals surface area (Å²) in [5.41, 5.74) is 3.46. The Balaban J connectivity index is 1.54. The van der Waals surface area contributed by atoms with Gasteiger partial charge in [0.05, 0.1) is 20.8 Å². The van der Waals surface area contributed by atoms with E-state index in [4.69, 9.17) is 9.47 Å². The number of carbonyl (C=O) groups is 1. The van der Waals surface area contributed by atoms with Crippen molar-refractivity contribution >= 4 is 11.6 Å². The quantitative estimate of drug-likeness (QED) is 0.791. The van der Waals surface area contributed by atoms with Gasteiger partial charge in [-0.05, 0) is 50.4 Å². The molecule has 2 atom stereocenters. The fourth-order valence-corrected chi connectivity index (χ4v) is 4.66. The second-order valence-corrected chi connectivity index (χ2v) is 7.68. The Kier molecular flexibility index (Phi) is 5.27. The van der Waals surface area contributed by atoms with Gasteiger partial charge in [0.2, 0.25) is 5.91 Å². The molecule has 148 valence electrons. The second kappa shape index (κ2) is 7.84. The summed E-state index contributed by atoms with van der Waals surface area (Å²) in [6, 6.07) is 14.6. The summed E-state index contributed by atoms with van der Waals surface area (Å²) in [6.07, 6.45) is 3.04. The van der Waals surface area contributed by atoms with Gasteiger partial charge in [0.1, 0.15) is 11.5 Å². The van der Waals surface area contributed by atoms with Crippen molar-refractivity contribution in [2.75, 3.05) is 32.2 Å². The average molecular weight is 380 g/mol. The smallest absolute Gasteiger partial charge is 0.241 e. The first-order valence-electron chi connectivity index (χ1n) is 9.98. The molecule has 0 unspecified atom stereocenters. The van der Waals surface area contributed by atoms with Crippen LogP contribution in [0.4, 0.5) is 5.69 Å². The molecule has 0 radical (unpaired) electrons. The highest BCUT2D eigenvalue weighted by Gasteiger charge is 2.35. The van der Waals surface area contributed by atoms with Gasteiger partial charge in [0.25, 0.3) is 0 Å². The lowest BCUT2D eigenvalue weighted by atomic mass is 10.0. The molecule has 1 amide bonds. The molecule has 2 aromatic carbocycles. The zero-order valence-corrected chi connectivity index (χ0v) is 16.9. The highest BCUT2D eigenvalue weighted by molar-refractivity contribution is 5.97.